The van der Waals surface area contributed by atoms with Gasteiger partial charge in [0.2, 0.25) is 0 Å². The Morgan fingerprint density at radius 2 is 1.00 bits per heavy atom. The van der Waals surface area contributed by atoms with Crippen LogP contribution >= 0.6 is 23.5 Å². The van der Waals surface area contributed by atoms with Gasteiger partial charge in [0.25, 0.3) is 0 Å². The molecule has 3 rings (SSSR count). The zero-order valence-corrected chi connectivity index (χ0v) is 14.1. The van der Waals surface area contributed by atoms with Crippen LogP contribution in [0.3, 0.4) is 0 Å². The fourth-order valence-corrected chi connectivity index (χ4v) is 4.59. The summed E-state index contributed by atoms with van der Waals surface area (Å²) < 4.78 is 0. The number of rotatable bonds is 4. The number of hydrogen-bond acceptors (Lipinski definition) is 3. The van der Waals surface area contributed by atoms with Crippen molar-refractivity contribution >= 4 is 40.5 Å². The molecule has 0 fully saturated rings. The molecule has 22 heavy (non-hydrogen) atoms. The monoisotopic (exact) mass is 324 g/mol. The highest BCUT2D eigenvalue weighted by Gasteiger charge is 2.33. The fourth-order valence-electron chi connectivity index (χ4n) is 2.68. The molecule has 110 valence electrons. The van der Waals surface area contributed by atoms with Crippen LogP contribution in [0.2, 0.25) is 0 Å². The molecule has 0 bridgehead atoms. The summed E-state index contributed by atoms with van der Waals surface area (Å²) in [7, 11) is 0. The zero-order chi connectivity index (χ0) is 15.5. The molecule has 0 spiro atoms. The molecule has 0 radical (unpaired) electrons. The topological polar surface area (TPSA) is 17.1 Å². The first-order chi connectivity index (χ1) is 10.8. The Bertz CT molecular complexity index is 693. The van der Waals surface area contributed by atoms with Gasteiger partial charge in [-0.25, -0.2) is 0 Å². The van der Waals surface area contributed by atoms with Gasteiger partial charge in [-0.15, -0.1) is 23.5 Å². The highest BCUT2D eigenvalue weighted by Crippen LogP contribution is 2.48. The summed E-state index contributed by atoms with van der Waals surface area (Å²) in [6.45, 7) is 0. The van der Waals surface area contributed by atoms with Crippen molar-refractivity contribution in [3.8, 4) is 0 Å². The van der Waals surface area contributed by atoms with E-state index < -0.39 is 0 Å². The first kappa shape index (κ1) is 15.2. The molecule has 0 saturated heterocycles. The van der Waals surface area contributed by atoms with E-state index in [0.717, 1.165) is 32.1 Å². The summed E-state index contributed by atoms with van der Waals surface area (Å²) in [5.41, 5.74) is 3.65. The molecule has 0 amide bonds. The third-order valence-electron chi connectivity index (χ3n) is 3.65. The van der Waals surface area contributed by atoms with Crippen molar-refractivity contribution in [3.05, 3.63) is 81.6 Å². The van der Waals surface area contributed by atoms with Crippen LogP contribution in [0.15, 0.2) is 70.5 Å². The van der Waals surface area contributed by atoms with Crippen molar-refractivity contribution in [2.75, 3.05) is 12.5 Å². The minimum absolute atomic E-state index is 0.131. The third-order valence-corrected chi connectivity index (χ3v) is 5.41. The van der Waals surface area contributed by atoms with Crippen LogP contribution in [0.1, 0.15) is 11.1 Å². The molecule has 1 nitrogen and oxygen atoms in total. The van der Waals surface area contributed by atoms with Crippen LogP contribution in [-0.4, -0.2) is 18.3 Å². The van der Waals surface area contributed by atoms with Crippen molar-refractivity contribution in [1.82, 2.24) is 0 Å². The molecule has 0 aliphatic heterocycles. The van der Waals surface area contributed by atoms with Crippen LogP contribution in [0, 0.1) is 0 Å². The smallest absolute Gasteiger partial charge is 0.196 e. The molecule has 0 N–H and O–H groups in total. The molecular formula is C19H16OS2. The molecule has 0 saturated carbocycles. The summed E-state index contributed by atoms with van der Waals surface area (Å²) in [6.07, 6.45) is 4.07. The van der Waals surface area contributed by atoms with Gasteiger partial charge in [-0.05, 0) is 23.6 Å². The van der Waals surface area contributed by atoms with Gasteiger partial charge in [0, 0.05) is 21.0 Å². The number of hydrogen-bond donors (Lipinski definition) is 0. The van der Waals surface area contributed by atoms with Gasteiger partial charge in [0.05, 0.1) is 0 Å². The second kappa shape index (κ2) is 6.59. The highest BCUT2D eigenvalue weighted by atomic mass is 32.2. The fraction of sp³-hybridized carbons (Fsp3) is 0.105. The molecular weight excluding hydrogens is 308 g/mol. The molecule has 0 aromatic heterocycles. The van der Waals surface area contributed by atoms with Crippen LogP contribution in [-0.2, 0) is 4.79 Å². The van der Waals surface area contributed by atoms with Crippen LogP contribution in [0.5, 0.6) is 0 Å². The summed E-state index contributed by atoms with van der Waals surface area (Å²) in [5, 5.41) is 0. The molecule has 0 heterocycles. The van der Waals surface area contributed by atoms with Gasteiger partial charge in [0.1, 0.15) is 0 Å². The molecule has 1 aliphatic carbocycles. The lowest BCUT2D eigenvalue weighted by Gasteiger charge is -2.06. The quantitative estimate of drug-likeness (QED) is 0.777. The number of allylic oxidation sites excluding steroid dienone is 2. The van der Waals surface area contributed by atoms with Crippen molar-refractivity contribution in [1.29, 1.82) is 0 Å². The number of ketones is 1. The third kappa shape index (κ3) is 2.55. The van der Waals surface area contributed by atoms with Crippen LogP contribution in [0.25, 0.3) is 11.1 Å². The van der Waals surface area contributed by atoms with E-state index in [1.54, 1.807) is 23.5 Å². The van der Waals surface area contributed by atoms with E-state index in [1.807, 2.05) is 73.2 Å². The maximum atomic E-state index is 13.1. The lowest BCUT2D eigenvalue weighted by Crippen LogP contribution is -2.01. The van der Waals surface area contributed by atoms with E-state index in [0.29, 0.717) is 0 Å². The Morgan fingerprint density at radius 1 is 0.636 bits per heavy atom. The van der Waals surface area contributed by atoms with E-state index in [-0.39, 0.29) is 5.78 Å². The maximum Gasteiger partial charge on any atom is 0.196 e. The summed E-state index contributed by atoms with van der Waals surface area (Å²) in [4.78, 5) is 15.3. The molecule has 0 unspecified atom stereocenters. The van der Waals surface area contributed by atoms with Crippen molar-refractivity contribution in [2.24, 2.45) is 0 Å². The molecule has 0 atom stereocenters. The van der Waals surface area contributed by atoms with Crippen LogP contribution < -0.4 is 0 Å². The molecule has 2 aromatic carbocycles. The lowest BCUT2D eigenvalue weighted by molar-refractivity contribution is -0.108. The van der Waals surface area contributed by atoms with Gasteiger partial charge in [-0.3, -0.25) is 4.79 Å². The van der Waals surface area contributed by atoms with E-state index in [4.69, 9.17) is 0 Å². The van der Waals surface area contributed by atoms with Gasteiger partial charge in [0.15, 0.2) is 5.78 Å². The second-order valence-corrected chi connectivity index (χ2v) is 6.51. The van der Waals surface area contributed by atoms with Gasteiger partial charge >= 0.3 is 0 Å². The lowest BCUT2D eigenvalue weighted by atomic mass is 9.97. The minimum atomic E-state index is 0.131. The summed E-state index contributed by atoms with van der Waals surface area (Å²) >= 11 is 3.30. The molecule has 1 aliphatic rings. The minimum Gasteiger partial charge on any atom is -0.288 e. The predicted octanol–water partition coefficient (Wildman–Crippen LogP) is 5.12. The van der Waals surface area contributed by atoms with E-state index in [9.17, 15) is 4.79 Å². The summed E-state index contributed by atoms with van der Waals surface area (Å²) in [6, 6.07) is 19.9. The first-order valence-corrected chi connectivity index (χ1v) is 9.45. The summed E-state index contributed by atoms with van der Waals surface area (Å²) in [5.74, 6) is 0.131. The average Bonchev–Trinajstić information content (AvgIpc) is 2.88. The SMILES string of the molecule is CSC1=C(c2ccccc2)C(=O)C(c2ccccc2)=C1SC. The zero-order valence-electron chi connectivity index (χ0n) is 12.5. The molecule has 3 heteroatoms. The van der Waals surface area contributed by atoms with Crippen molar-refractivity contribution in [2.45, 2.75) is 0 Å². The number of benzene rings is 2. The first-order valence-electron chi connectivity index (χ1n) is 7.00. The van der Waals surface area contributed by atoms with Gasteiger partial charge in [-0.1, -0.05) is 60.7 Å². The second-order valence-electron chi connectivity index (χ2n) is 4.88. The van der Waals surface area contributed by atoms with E-state index in [2.05, 4.69) is 0 Å². The standard InChI is InChI=1S/C19H16OS2/c1-21-18-15(13-9-5-3-6-10-13)17(20)16(19(18)22-2)14-11-7-4-8-12-14/h3-12H,1-2H3. The Kier molecular flexibility index (Phi) is 4.55. The van der Waals surface area contributed by atoms with E-state index in [1.165, 1.54) is 0 Å². The van der Waals surface area contributed by atoms with Crippen molar-refractivity contribution < 1.29 is 4.79 Å². The normalized spacial score (nSPS) is 14.9. The number of Topliss-reactive ketones (excluding diaryl/α,β-unsaturated/α-hetero) is 1. The van der Waals surface area contributed by atoms with Crippen molar-refractivity contribution in [3.63, 3.8) is 0 Å². The van der Waals surface area contributed by atoms with Gasteiger partial charge < -0.3 is 0 Å². The predicted molar refractivity (Wildman–Crippen MR) is 98.8 cm³/mol. The molecule has 2 aromatic rings. The highest BCUT2D eigenvalue weighted by molar-refractivity contribution is 8.08. The van der Waals surface area contributed by atoms with E-state index >= 15 is 0 Å². The average molecular weight is 324 g/mol. The maximum absolute atomic E-state index is 13.1. The number of thioether (sulfide) groups is 2. The van der Waals surface area contributed by atoms with Gasteiger partial charge in [-0.2, -0.15) is 0 Å². The Hall–Kier alpha value is -1.71. The van der Waals surface area contributed by atoms with Crippen LogP contribution in [0.4, 0.5) is 0 Å². The Labute approximate surface area is 139 Å². The number of carbonyl (C=O) groups excluding carboxylic acids is 1. The Balaban J connectivity index is 2.18. The largest absolute Gasteiger partial charge is 0.288 e. The number of carbonyl (C=O) groups is 1. The Morgan fingerprint density at radius 3 is 1.32 bits per heavy atom.